The Morgan fingerprint density at radius 3 is 1.50 bits per heavy atom. The smallest absolute Gasteiger partial charge is 0.306 e. The summed E-state index contributed by atoms with van der Waals surface area (Å²) in [6.07, 6.45) is 45.6. The standard InChI is InChI=1S/C43H76O5/c1-4-7-10-13-15-17-19-21-22-23-24-26-28-31-33-36-42(44)47-40-41(48-43(45)37-34-30-12-9-6-3)39-46-38-35-32-29-27-25-20-18-16-14-11-8-5-2/h7,10,15,17,21-22,24,26,41H,4-6,8-9,11-14,16,18-20,23,25,27-40H2,1-3H3/b10-7-,17-15-,22-21-,26-24-. The molecule has 0 aliphatic rings. The second-order valence-electron chi connectivity index (χ2n) is 13.2. The molecule has 278 valence electrons. The van der Waals surface area contributed by atoms with Crippen molar-refractivity contribution in [2.24, 2.45) is 0 Å². The molecule has 0 fully saturated rings. The van der Waals surface area contributed by atoms with Gasteiger partial charge in [-0.15, -0.1) is 0 Å². The molecule has 0 bridgehead atoms. The Balaban J connectivity index is 4.17. The molecule has 0 amide bonds. The zero-order valence-electron chi connectivity index (χ0n) is 31.7. The van der Waals surface area contributed by atoms with Gasteiger partial charge in [-0.25, -0.2) is 0 Å². The lowest BCUT2D eigenvalue weighted by molar-refractivity contribution is -0.163. The molecular formula is C43H76O5. The van der Waals surface area contributed by atoms with Crippen LogP contribution in [0, 0.1) is 0 Å². The van der Waals surface area contributed by atoms with Gasteiger partial charge in [-0.2, -0.15) is 0 Å². The van der Waals surface area contributed by atoms with Crippen LogP contribution >= 0.6 is 0 Å². The van der Waals surface area contributed by atoms with Gasteiger partial charge in [-0.3, -0.25) is 9.59 Å². The minimum Gasteiger partial charge on any atom is -0.462 e. The van der Waals surface area contributed by atoms with Gasteiger partial charge >= 0.3 is 11.9 Å². The minimum absolute atomic E-state index is 0.0652. The fraction of sp³-hybridized carbons (Fsp3) is 0.767. The van der Waals surface area contributed by atoms with Crippen molar-refractivity contribution in [2.45, 2.75) is 194 Å². The van der Waals surface area contributed by atoms with Crippen LogP contribution in [-0.4, -0.2) is 37.9 Å². The first-order valence-corrected chi connectivity index (χ1v) is 20.2. The maximum atomic E-state index is 12.5. The Bertz CT molecular complexity index is 812. The highest BCUT2D eigenvalue weighted by Crippen LogP contribution is 2.13. The van der Waals surface area contributed by atoms with E-state index in [9.17, 15) is 9.59 Å². The highest BCUT2D eigenvalue weighted by atomic mass is 16.6. The second kappa shape index (κ2) is 39.3. The van der Waals surface area contributed by atoms with Crippen LogP contribution in [0.5, 0.6) is 0 Å². The number of unbranched alkanes of at least 4 members (excludes halogenated alkanes) is 17. The maximum Gasteiger partial charge on any atom is 0.306 e. The Kier molecular flexibility index (Phi) is 37.5. The van der Waals surface area contributed by atoms with Gasteiger partial charge in [-0.1, -0.05) is 166 Å². The van der Waals surface area contributed by atoms with E-state index in [-0.39, 0.29) is 25.2 Å². The average Bonchev–Trinajstić information content (AvgIpc) is 3.08. The number of hydrogen-bond donors (Lipinski definition) is 0. The zero-order valence-corrected chi connectivity index (χ0v) is 31.7. The first kappa shape index (κ1) is 45.9. The molecule has 48 heavy (non-hydrogen) atoms. The Hall–Kier alpha value is -2.14. The van der Waals surface area contributed by atoms with E-state index in [0.29, 0.717) is 19.4 Å². The molecule has 0 N–H and O–H groups in total. The van der Waals surface area contributed by atoms with Crippen LogP contribution in [0.2, 0.25) is 0 Å². The molecule has 1 atom stereocenters. The molecule has 5 heteroatoms. The van der Waals surface area contributed by atoms with Crippen LogP contribution in [0.4, 0.5) is 0 Å². The van der Waals surface area contributed by atoms with E-state index in [1.807, 2.05) is 0 Å². The van der Waals surface area contributed by atoms with E-state index in [0.717, 1.165) is 77.0 Å². The summed E-state index contributed by atoms with van der Waals surface area (Å²) in [6, 6.07) is 0. The van der Waals surface area contributed by atoms with Crippen LogP contribution in [-0.2, 0) is 23.8 Å². The first-order valence-electron chi connectivity index (χ1n) is 20.2. The van der Waals surface area contributed by atoms with Crippen molar-refractivity contribution in [1.82, 2.24) is 0 Å². The summed E-state index contributed by atoms with van der Waals surface area (Å²) < 4.78 is 17.1. The highest BCUT2D eigenvalue weighted by Gasteiger charge is 2.17. The van der Waals surface area contributed by atoms with Gasteiger partial charge in [0.1, 0.15) is 6.61 Å². The van der Waals surface area contributed by atoms with Crippen LogP contribution in [0.3, 0.4) is 0 Å². The summed E-state index contributed by atoms with van der Waals surface area (Å²) in [4.78, 5) is 24.9. The van der Waals surface area contributed by atoms with E-state index in [2.05, 4.69) is 69.4 Å². The molecule has 0 radical (unpaired) electrons. The molecule has 0 aromatic rings. The molecule has 0 heterocycles. The van der Waals surface area contributed by atoms with E-state index in [1.54, 1.807) is 0 Å². The van der Waals surface area contributed by atoms with Crippen molar-refractivity contribution in [3.05, 3.63) is 48.6 Å². The first-order chi connectivity index (χ1) is 23.6. The lowest BCUT2D eigenvalue weighted by atomic mass is 10.1. The van der Waals surface area contributed by atoms with Crippen LogP contribution in [0.1, 0.15) is 188 Å². The molecule has 0 saturated heterocycles. The molecule has 0 saturated carbocycles. The summed E-state index contributed by atoms with van der Waals surface area (Å²) in [7, 11) is 0. The van der Waals surface area contributed by atoms with Crippen LogP contribution in [0.15, 0.2) is 48.6 Å². The molecule has 0 aliphatic heterocycles. The van der Waals surface area contributed by atoms with Crippen molar-refractivity contribution in [1.29, 1.82) is 0 Å². The molecular weight excluding hydrogens is 596 g/mol. The van der Waals surface area contributed by atoms with Crippen molar-refractivity contribution < 1.29 is 23.8 Å². The molecule has 0 aliphatic carbocycles. The molecule has 1 unspecified atom stereocenters. The van der Waals surface area contributed by atoms with Gasteiger partial charge in [0.25, 0.3) is 0 Å². The van der Waals surface area contributed by atoms with E-state index < -0.39 is 6.10 Å². The quantitative estimate of drug-likeness (QED) is 0.0376. The van der Waals surface area contributed by atoms with Crippen molar-refractivity contribution >= 4 is 11.9 Å². The van der Waals surface area contributed by atoms with Crippen LogP contribution in [0.25, 0.3) is 0 Å². The third kappa shape index (κ3) is 36.7. The van der Waals surface area contributed by atoms with Crippen molar-refractivity contribution in [2.75, 3.05) is 19.8 Å². The number of carbonyl (C=O) groups excluding carboxylic acids is 2. The Morgan fingerprint density at radius 2 is 0.938 bits per heavy atom. The lowest BCUT2D eigenvalue weighted by Crippen LogP contribution is -2.30. The predicted octanol–water partition coefficient (Wildman–Crippen LogP) is 12.9. The monoisotopic (exact) mass is 673 g/mol. The lowest BCUT2D eigenvalue weighted by Gasteiger charge is -2.18. The fourth-order valence-corrected chi connectivity index (χ4v) is 5.38. The molecule has 0 spiro atoms. The van der Waals surface area contributed by atoms with Gasteiger partial charge < -0.3 is 14.2 Å². The van der Waals surface area contributed by atoms with Gasteiger partial charge in [0.05, 0.1) is 6.61 Å². The number of allylic oxidation sites excluding steroid dienone is 8. The number of rotatable bonds is 36. The van der Waals surface area contributed by atoms with Crippen LogP contribution < -0.4 is 0 Å². The summed E-state index contributed by atoms with van der Waals surface area (Å²) in [5, 5.41) is 0. The van der Waals surface area contributed by atoms with Crippen molar-refractivity contribution in [3.63, 3.8) is 0 Å². The molecule has 0 aromatic heterocycles. The number of carbonyl (C=O) groups is 2. The van der Waals surface area contributed by atoms with Gasteiger partial charge in [0.15, 0.2) is 6.10 Å². The van der Waals surface area contributed by atoms with E-state index in [1.165, 1.54) is 77.0 Å². The fourth-order valence-electron chi connectivity index (χ4n) is 5.38. The SMILES string of the molecule is CC/C=C\C/C=C\C/C=C\C/C=C\CCCCC(=O)OCC(COCCCCCCCCCCCCCC)OC(=O)CCCCCCC. The highest BCUT2D eigenvalue weighted by molar-refractivity contribution is 5.70. The normalized spacial score (nSPS) is 12.6. The third-order valence-electron chi connectivity index (χ3n) is 8.38. The third-order valence-corrected chi connectivity index (χ3v) is 8.38. The molecule has 0 rings (SSSR count). The zero-order chi connectivity index (χ0) is 35.0. The Morgan fingerprint density at radius 1 is 0.479 bits per heavy atom. The van der Waals surface area contributed by atoms with Gasteiger partial charge in [0, 0.05) is 19.4 Å². The number of ether oxygens (including phenoxy) is 3. The van der Waals surface area contributed by atoms with Gasteiger partial charge in [-0.05, 0) is 57.8 Å². The van der Waals surface area contributed by atoms with E-state index >= 15 is 0 Å². The summed E-state index contributed by atoms with van der Waals surface area (Å²) in [5.74, 6) is -0.457. The molecule has 5 nitrogen and oxygen atoms in total. The summed E-state index contributed by atoms with van der Waals surface area (Å²) in [5.41, 5.74) is 0. The molecule has 0 aromatic carbocycles. The van der Waals surface area contributed by atoms with E-state index in [4.69, 9.17) is 14.2 Å². The topological polar surface area (TPSA) is 61.8 Å². The second-order valence-corrected chi connectivity index (χ2v) is 13.2. The minimum atomic E-state index is -0.543. The maximum absolute atomic E-state index is 12.5. The predicted molar refractivity (Wildman–Crippen MR) is 205 cm³/mol. The largest absolute Gasteiger partial charge is 0.462 e. The number of hydrogen-bond acceptors (Lipinski definition) is 5. The average molecular weight is 673 g/mol. The van der Waals surface area contributed by atoms with Crippen molar-refractivity contribution in [3.8, 4) is 0 Å². The summed E-state index contributed by atoms with van der Waals surface area (Å²) in [6.45, 7) is 7.59. The Labute approximate surface area is 297 Å². The summed E-state index contributed by atoms with van der Waals surface area (Å²) >= 11 is 0. The number of esters is 2. The van der Waals surface area contributed by atoms with Gasteiger partial charge in [0.2, 0.25) is 0 Å².